The highest BCUT2D eigenvalue weighted by molar-refractivity contribution is 7.98. The summed E-state index contributed by atoms with van der Waals surface area (Å²) in [5.74, 6) is 3.45. The molecule has 2 N–H and O–H groups in total. The van der Waals surface area contributed by atoms with Gasteiger partial charge in [-0.1, -0.05) is 6.07 Å². The van der Waals surface area contributed by atoms with E-state index >= 15 is 0 Å². The number of nitrogens with two attached hydrogens (primary N) is 1. The maximum atomic E-state index is 5.94. The number of hydrogen-bond acceptors (Lipinski definition) is 5. The summed E-state index contributed by atoms with van der Waals surface area (Å²) in [7, 11) is 0. The van der Waals surface area contributed by atoms with Crippen LogP contribution in [0.5, 0.6) is 0 Å². The van der Waals surface area contributed by atoms with Crippen molar-refractivity contribution in [1.82, 2.24) is 9.97 Å². The lowest BCUT2D eigenvalue weighted by atomic mass is 10.2. The molecule has 0 amide bonds. The van der Waals surface area contributed by atoms with E-state index < -0.39 is 0 Å². The summed E-state index contributed by atoms with van der Waals surface area (Å²) in [6, 6.07) is 4.15. The van der Waals surface area contributed by atoms with E-state index in [-0.39, 0.29) is 0 Å². The van der Waals surface area contributed by atoms with Crippen molar-refractivity contribution in [3.8, 4) is 0 Å². The molecule has 0 radical (unpaired) electrons. The van der Waals surface area contributed by atoms with Crippen molar-refractivity contribution >= 4 is 28.9 Å². The van der Waals surface area contributed by atoms with Crippen LogP contribution in [0.3, 0.4) is 0 Å². The number of thiophene rings is 1. The lowest BCUT2D eigenvalue weighted by molar-refractivity contribution is 0.944. The van der Waals surface area contributed by atoms with Gasteiger partial charge in [0.05, 0.1) is 5.69 Å². The molecule has 0 saturated carbocycles. The molecule has 0 bridgehead atoms. The number of thioether (sulfide) groups is 1. The molecule has 16 heavy (non-hydrogen) atoms. The first-order chi connectivity index (χ1) is 7.83. The Kier molecular flexibility index (Phi) is 2.57. The van der Waals surface area contributed by atoms with Gasteiger partial charge in [-0.2, -0.15) is 11.8 Å². The average Bonchev–Trinajstić information content (AvgIpc) is 2.87. The Bertz CT molecular complexity index is 508. The minimum Gasteiger partial charge on any atom is -0.383 e. The summed E-state index contributed by atoms with van der Waals surface area (Å²) in [6.45, 7) is 0. The summed E-state index contributed by atoms with van der Waals surface area (Å²) >= 11 is 3.58. The van der Waals surface area contributed by atoms with Crippen molar-refractivity contribution < 1.29 is 0 Å². The lowest BCUT2D eigenvalue weighted by Gasteiger charge is -2.04. The highest BCUT2D eigenvalue weighted by atomic mass is 32.2. The van der Waals surface area contributed by atoms with E-state index in [9.17, 15) is 0 Å². The normalized spacial score (nSPS) is 14.0. The molecule has 82 valence electrons. The van der Waals surface area contributed by atoms with Crippen LogP contribution in [0.4, 0.5) is 5.82 Å². The molecule has 5 heteroatoms. The first-order valence-corrected chi connectivity index (χ1v) is 7.10. The second-order valence-corrected chi connectivity index (χ2v) is 5.72. The Morgan fingerprint density at radius 2 is 2.25 bits per heavy atom. The molecule has 2 aromatic heterocycles. The van der Waals surface area contributed by atoms with Crippen LogP contribution in [-0.2, 0) is 17.9 Å². The number of hydrogen-bond donors (Lipinski definition) is 1. The molecule has 0 aromatic carbocycles. The predicted octanol–water partition coefficient (Wildman–Crippen LogP) is 2.46. The summed E-state index contributed by atoms with van der Waals surface area (Å²) in [6.07, 6.45) is 0.791. The number of nitrogens with zero attached hydrogens (tertiary/aromatic N) is 2. The summed E-state index contributed by atoms with van der Waals surface area (Å²) in [5, 5.41) is 2.07. The molecule has 0 atom stereocenters. The van der Waals surface area contributed by atoms with E-state index in [0.717, 1.165) is 35.0 Å². The molecule has 3 nitrogen and oxygen atoms in total. The van der Waals surface area contributed by atoms with Gasteiger partial charge >= 0.3 is 0 Å². The van der Waals surface area contributed by atoms with Crippen LogP contribution in [0.25, 0.3) is 0 Å². The monoisotopic (exact) mass is 249 g/mol. The fourth-order valence-electron chi connectivity index (χ4n) is 1.78. The second kappa shape index (κ2) is 4.07. The van der Waals surface area contributed by atoms with Crippen molar-refractivity contribution in [2.45, 2.75) is 17.9 Å². The van der Waals surface area contributed by atoms with Gasteiger partial charge in [-0.3, -0.25) is 0 Å². The molecule has 1 aliphatic heterocycles. The Morgan fingerprint density at radius 3 is 3.06 bits per heavy atom. The molecule has 0 unspecified atom stereocenters. The van der Waals surface area contributed by atoms with Gasteiger partial charge in [0, 0.05) is 28.4 Å². The standard InChI is InChI=1S/C11H11N3S2/c12-11-8-5-15-6-9(8)13-10(14-11)4-7-2-1-3-16-7/h1-3H,4-6H2,(H2,12,13,14). The molecule has 3 rings (SSSR count). The highest BCUT2D eigenvalue weighted by Gasteiger charge is 2.18. The molecule has 0 aliphatic carbocycles. The van der Waals surface area contributed by atoms with Gasteiger partial charge < -0.3 is 5.73 Å². The molecular weight excluding hydrogens is 238 g/mol. The average molecular weight is 249 g/mol. The van der Waals surface area contributed by atoms with Crippen molar-refractivity contribution in [3.63, 3.8) is 0 Å². The van der Waals surface area contributed by atoms with Crippen molar-refractivity contribution in [2.75, 3.05) is 5.73 Å². The van der Waals surface area contributed by atoms with Crippen LogP contribution in [0.1, 0.15) is 22.0 Å². The van der Waals surface area contributed by atoms with E-state index in [0.29, 0.717) is 5.82 Å². The van der Waals surface area contributed by atoms with Crippen LogP contribution >= 0.6 is 23.1 Å². The Morgan fingerprint density at radius 1 is 1.31 bits per heavy atom. The van der Waals surface area contributed by atoms with E-state index in [4.69, 9.17) is 5.73 Å². The van der Waals surface area contributed by atoms with Gasteiger partial charge in [-0.05, 0) is 11.4 Å². The van der Waals surface area contributed by atoms with E-state index in [1.165, 1.54) is 4.88 Å². The second-order valence-electron chi connectivity index (χ2n) is 3.70. The first kappa shape index (κ1) is 10.1. The molecule has 3 heterocycles. The van der Waals surface area contributed by atoms with Crippen LogP contribution in [0, 0.1) is 0 Å². The van der Waals surface area contributed by atoms with Gasteiger partial charge in [-0.15, -0.1) is 11.3 Å². The van der Waals surface area contributed by atoms with Crippen molar-refractivity contribution in [2.24, 2.45) is 0 Å². The fraction of sp³-hybridized carbons (Fsp3) is 0.273. The van der Waals surface area contributed by atoms with Gasteiger partial charge in [0.1, 0.15) is 11.6 Å². The lowest BCUT2D eigenvalue weighted by Crippen LogP contribution is -2.05. The van der Waals surface area contributed by atoms with Crippen molar-refractivity contribution in [3.05, 3.63) is 39.5 Å². The summed E-state index contributed by atoms with van der Waals surface area (Å²) in [5.41, 5.74) is 8.21. The summed E-state index contributed by atoms with van der Waals surface area (Å²) < 4.78 is 0. The van der Waals surface area contributed by atoms with Gasteiger partial charge in [0.2, 0.25) is 0 Å². The zero-order chi connectivity index (χ0) is 11.0. The fourth-order valence-corrected chi connectivity index (χ4v) is 3.53. The maximum Gasteiger partial charge on any atom is 0.136 e. The molecule has 2 aromatic rings. The Hall–Kier alpha value is -1.07. The third-order valence-corrected chi connectivity index (χ3v) is 4.42. The van der Waals surface area contributed by atoms with Gasteiger partial charge in [0.25, 0.3) is 0 Å². The first-order valence-electron chi connectivity index (χ1n) is 5.07. The van der Waals surface area contributed by atoms with Gasteiger partial charge in [-0.25, -0.2) is 9.97 Å². The quantitative estimate of drug-likeness (QED) is 0.888. The molecule has 0 spiro atoms. The number of rotatable bonds is 2. The third-order valence-electron chi connectivity index (χ3n) is 2.57. The van der Waals surface area contributed by atoms with E-state index in [2.05, 4.69) is 21.4 Å². The molecular formula is C11H11N3S2. The van der Waals surface area contributed by atoms with Crippen molar-refractivity contribution in [1.29, 1.82) is 0 Å². The zero-order valence-corrected chi connectivity index (χ0v) is 10.3. The van der Waals surface area contributed by atoms with Crippen LogP contribution in [-0.4, -0.2) is 9.97 Å². The van der Waals surface area contributed by atoms with Crippen LogP contribution < -0.4 is 5.73 Å². The zero-order valence-electron chi connectivity index (χ0n) is 8.64. The number of aromatic nitrogens is 2. The maximum absolute atomic E-state index is 5.94. The SMILES string of the molecule is Nc1nc(Cc2cccs2)nc2c1CSC2. The molecule has 0 fully saturated rings. The van der Waals surface area contributed by atoms with E-state index in [1.807, 2.05) is 17.8 Å². The molecule has 1 aliphatic rings. The smallest absolute Gasteiger partial charge is 0.136 e. The Labute approximate surface area is 102 Å². The third kappa shape index (κ3) is 1.81. The molecule has 0 saturated heterocycles. The summed E-state index contributed by atoms with van der Waals surface area (Å²) in [4.78, 5) is 10.2. The predicted molar refractivity (Wildman–Crippen MR) is 68.6 cm³/mol. The number of anilines is 1. The Balaban J connectivity index is 1.94. The number of fused-ring (bicyclic) bond motifs is 1. The minimum absolute atomic E-state index is 0.668. The van der Waals surface area contributed by atoms with Crippen LogP contribution in [0.2, 0.25) is 0 Å². The number of nitrogen functional groups attached to an aromatic ring is 1. The minimum atomic E-state index is 0.668. The van der Waals surface area contributed by atoms with Crippen LogP contribution in [0.15, 0.2) is 17.5 Å². The largest absolute Gasteiger partial charge is 0.383 e. The highest BCUT2D eigenvalue weighted by Crippen LogP contribution is 2.31. The topological polar surface area (TPSA) is 51.8 Å². The van der Waals surface area contributed by atoms with Gasteiger partial charge in [0.15, 0.2) is 0 Å². The van der Waals surface area contributed by atoms with E-state index in [1.54, 1.807) is 11.3 Å².